The van der Waals surface area contributed by atoms with E-state index in [1.165, 1.54) is 28.8 Å². The van der Waals surface area contributed by atoms with Crippen LogP contribution in [0.1, 0.15) is 42.9 Å². The van der Waals surface area contributed by atoms with Crippen molar-refractivity contribution in [3.05, 3.63) is 94.6 Å². The molecule has 0 saturated carbocycles. The molecule has 49 heavy (non-hydrogen) atoms. The molecule has 6 aromatic rings. The minimum atomic E-state index is -1.88. The zero-order valence-electron chi connectivity index (χ0n) is 25.1. The third kappa shape index (κ3) is 4.02. The number of halogens is 2. The Balaban J connectivity index is 1.28. The lowest BCUT2D eigenvalue weighted by atomic mass is 9.94. The molecule has 246 valence electrons. The molecule has 0 spiro atoms. The highest BCUT2D eigenvalue weighted by Crippen LogP contribution is 2.46. The van der Waals surface area contributed by atoms with Gasteiger partial charge in [0.15, 0.2) is 6.23 Å². The summed E-state index contributed by atoms with van der Waals surface area (Å²) in [5.41, 5.74) is 1.57. The number of nitrogens with one attached hydrogen (secondary N) is 2. The molecule has 0 bridgehead atoms. The number of amides is 4. The molecule has 3 aliphatic heterocycles. The maximum Gasteiger partial charge on any atom is 0.260 e. The number of carbonyl (C=O) groups is 4. The van der Waals surface area contributed by atoms with E-state index in [2.05, 4.69) is 10.3 Å². The van der Waals surface area contributed by atoms with Gasteiger partial charge in [0.05, 0.1) is 40.6 Å². The van der Waals surface area contributed by atoms with Crippen LogP contribution in [0.15, 0.2) is 60.7 Å². The SMILES string of the molecule is O=C1NC(=O)c2c1c1c3ccc(F)cc3[nH]c1c1c2c2ccc(F)cc2n1[C@@H]1O[C@H](CN2C(=O)Cc3ccccc3C2=O)[C@@H](O)[C@H](O)[C@H]1O. The summed E-state index contributed by atoms with van der Waals surface area (Å²) in [5.74, 6) is -3.89. The smallest absolute Gasteiger partial charge is 0.260 e. The molecule has 1 saturated heterocycles. The Morgan fingerprint density at radius 2 is 1.51 bits per heavy atom. The quantitative estimate of drug-likeness (QED) is 0.179. The standard InChI is InChI=1S/C35H24F2N4O8/c36-14-5-7-17-19(10-14)38-27-23(17)25-26(33(47)39-32(25)46)24-18-8-6-15(37)11-20(18)41(28(24)27)35-31(45)30(44)29(43)21(49-35)12-40-22(42)9-13-3-1-2-4-16(13)34(40)48/h1-8,10-11,21,29-31,35,38,43-45H,9,12H2,(H,39,46,47)/t21-,29-,30+,31-,35-/m1/s1. The number of aromatic nitrogens is 2. The first-order valence-corrected chi connectivity index (χ1v) is 15.4. The molecule has 12 nitrogen and oxygen atoms in total. The summed E-state index contributed by atoms with van der Waals surface area (Å²) in [6.45, 7) is -0.494. The van der Waals surface area contributed by atoms with E-state index in [9.17, 15) is 38.9 Å². The predicted molar refractivity (Wildman–Crippen MR) is 169 cm³/mol. The Hall–Kier alpha value is -5.54. The van der Waals surface area contributed by atoms with Gasteiger partial charge in [-0.3, -0.25) is 29.4 Å². The molecule has 1 fully saturated rings. The fourth-order valence-corrected chi connectivity index (χ4v) is 7.65. The second-order valence-corrected chi connectivity index (χ2v) is 12.5. The van der Waals surface area contributed by atoms with Crippen LogP contribution in [-0.4, -0.2) is 84.4 Å². The minimum absolute atomic E-state index is 0.0228. The first kappa shape index (κ1) is 29.6. The fourth-order valence-electron chi connectivity index (χ4n) is 7.65. The van der Waals surface area contributed by atoms with Gasteiger partial charge >= 0.3 is 0 Å². The highest BCUT2D eigenvalue weighted by molar-refractivity contribution is 6.39. The number of imide groups is 2. The normalized spacial score (nSPS) is 24.0. The van der Waals surface area contributed by atoms with E-state index >= 15 is 4.39 Å². The molecule has 3 aliphatic rings. The first-order chi connectivity index (χ1) is 23.5. The topological polar surface area (TPSA) is 174 Å². The van der Waals surface area contributed by atoms with E-state index in [1.54, 1.807) is 24.3 Å². The van der Waals surface area contributed by atoms with Crippen molar-refractivity contribution in [1.82, 2.24) is 19.8 Å². The van der Waals surface area contributed by atoms with Crippen molar-refractivity contribution in [3.63, 3.8) is 0 Å². The minimum Gasteiger partial charge on any atom is -0.388 e. The number of rotatable bonds is 3. The molecule has 0 aliphatic carbocycles. The Morgan fingerprint density at radius 1 is 0.816 bits per heavy atom. The molecule has 4 aromatic carbocycles. The highest BCUT2D eigenvalue weighted by Gasteiger charge is 2.48. The number of ether oxygens (including phenoxy) is 1. The summed E-state index contributed by atoms with van der Waals surface area (Å²) in [6.07, 6.45) is -8.62. The van der Waals surface area contributed by atoms with Crippen LogP contribution in [0.25, 0.3) is 43.6 Å². The van der Waals surface area contributed by atoms with Crippen molar-refractivity contribution in [2.75, 3.05) is 6.54 Å². The van der Waals surface area contributed by atoms with E-state index in [1.807, 2.05) is 0 Å². The van der Waals surface area contributed by atoms with Crippen LogP contribution in [0.2, 0.25) is 0 Å². The lowest BCUT2D eigenvalue weighted by Crippen LogP contribution is -2.59. The molecule has 5 heterocycles. The van der Waals surface area contributed by atoms with E-state index in [0.717, 1.165) is 17.0 Å². The van der Waals surface area contributed by atoms with Crippen molar-refractivity contribution in [2.24, 2.45) is 0 Å². The zero-order valence-corrected chi connectivity index (χ0v) is 25.1. The fraction of sp³-hybridized carbons (Fsp3) is 0.200. The van der Waals surface area contributed by atoms with Crippen molar-refractivity contribution in [2.45, 2.75) is 37.1 Å². The second-order valence-electron chi connectivity index (χ2n) is 12.5. The number of carbonyl (C=O) groups excluding carboxylic acids is 4. The van der Waals surface area contributed by atoms with Gasteiger partial charge in [0, 0.05) is 32.6 Å². The molecule has 14 heteroatoms. The lowest BCUT2D eigenvalue weighted by Gasteiger charge is -2.43. The number of hydrogen-bond donors (Lipinski definition) is 5. The van der Waals surface area contributed by atoms with Gasteiger partial charge in [0.25, 0.3) is 17.7 Å². The number of hydrogen-bond acceptors (Lipinski definition) is 8. The van der Waals surface area contributed by atoms with Crippen LogP contribution < -0.4 is 5.32 Å². The monoisotopic (exact) mass is 666 g/mol. The molecule has 0 radical (unpaired) electrons. The lowest BCUT2D eigenvalue weighted by molar-refractivity contribution is -0.244. The van der Waals surface area contributed by atoms with Crippen LogP contribution in [0.5, 0.6) is 0 Å². The van der Waals surface area contributed by atoms with Gasteiger partial charge in [-0.2, -0.15) is 0 Å². The number of aromatic amines is 1. The summed E-state index contributed by atoms with van der Waals surface area (Å²) in [5, 5.41) is 37.2. The average Bonchev–Trinajstić information content (AvgIpc) is 3.70. The molecule has 9 rings (SSSR count). The largest absolute Gasteiger partial charge is 0.388 e. The summed E-state index contributed by atoms with van der Waals surface area (Å²) < 4.78 is 37.0. The van der Waals surface area contributed by atoms with E-state index in [4.69, 9.17) is 4.74 Å². The second kappa shape index (κ2) is 10.2. The molecular formula is C35H24F2N4O8. The Labute approximate surface area is 273 Å². The van der Waals surface area contributed by atoms with Crippen LogP contribution in [0.4, 0.5) is 8.78 Å². The first-order valence-electron chi connectivity index (χ1n) is 15.4. The van der Waals surface area contributed by atoms with E-state index < -0.39 is 72.5 Å². The number of aliphatic hydroxyl groups excluding tert-OH is 3. The Kier molecular flexibility index (Phi) is 6.18. The van der Waals surface area contributed by atoms with Crippen molar-refractivity contribution >= 4 is 67.2 Å². The molecule has 2 aromatic heterocycles. The van der Waals surface area contributed by atoms with Gasteiger partial charge < -0.3 is 29.6 Å². The summed E-state index contributed by atoms with van der Waals surface area (Å²) >= 11 is 0. The number of benzene rings is 4. The maximum absolute atomic E-state index is 15.0. The molecule has 0 unspecified atom stereocenters. The summed E-state index contributed by atoms with van der Waals surface area (Å²) in [4.78, 5) is 57.2. The maximum atomic E-state index is 15.0. The van der Waals surface area contributed by atoms with E-state index in [0.29, 0.717) is 16.5 Å². The van der Waals surface area contributed by atoms with Gasteiger partial charge in [-0.15, -0.1) is 0 Å². The van der Waals surface area contributed by atoms with E-state index in [-0.39, 0.29) is 55.8 Å². The Morgan fingerprint density at radius 3 is 2.29 bits per heavy atom. The highest BCUT2D eigenvalue weighted by atomic mass is 19.1. The number of aliphatic hydroxyl groups is 3. The summed E-state index contributed by atoms with van der Waals surface area (Å²) in [6, 6.07) is 14.1. The van der Waals surface area contributed by atoms with Crippen LogP contribution in [0.3, 0.4) is 0 Å². The molecule has 4 amide bonds. The van der Waals surface area contributed by atoms with Gasteiger partial charge in [-0.05, 0) is 48.0 Å². The number of fused-ring (bicyclic) bond motifs is 11. The number of nitrogens with zero attached hydrogens (tertiary/aromatic N) is 2. The predicted octanol–water partition coefficient (Wildman–Crippen LogP) is 2.80. The summed E-state index contributed by atoms with van der Waals surface area (Å²) in [7, 11) is 0. The average molecular weight is 667 g/mol. The van der Waals surface area contributed by atoms with Gasteiger partial charge in [-0.25, -0.2) is 8.78 Å². The third-order valence-corrected chi connectivity index (χ3v) is 9.83. The van der Waals surface area contributed by atoms with Gasteiger partial charge in [0.1, 0.15) is 36.1 Å². The zero-order chi connectivity index (χ0) is 34.0. The Bertz CT molecular complexity index is 2510. The molecule has 5 N–H and O–H groups in total. The molecular weight excluding hydrogens is 642 g/mol. The molecule has 5 atom stereocenters. The van der Waals surface area contributed by atoms with Gasteiger partial charge in [0.2, 0.25) is 5.91 Å². The van der Waals surface area contributed by atoms with Crippen molar-refractivity contribution in [1.29, 1.82) is 0 Å². The van der Waals surface area contributed by atoms with Crippen molar-refractivity contribution in [3.8, 4) is 0 Å². The third-order valence-electron chi connectivity index (χ3n) is 9.83. The van der Waals surface area contributed by atoms with Crippen LogP contribution in [0, 0.1) is 11.6 Å². The van der Waals surface area contributed by atoms with Crippen LogP contribution in [-0.2, 0) is 16.0 Å². The number of H-pyrrole nitrogens is 1. The van der Waals surface area contributed by atoms with Crippen LogP contribution >= 0.6 is 0 Å². The van der Waals surface area contributed by atoms with Crippen molar-refractivity contribution < 1.29 is 48.0 Å². The van der Waals surface area contributed by atoms with Gasteiger partial charge in [-0.1, -0.05) is 18.2 Å².